The van der Waals surface area contributed by atoms with E-state index in [2.05, 4.69) is 15.3 Å². The minimum absolute atomic E-state index is 0.361. The van der Waals surface area contributed by atoms with Gasteiger partial charge in [0.1, 0.15) is 12.1 Å². The summed E-state index contributed by atoms with van der Waals surface area (Å²) in [5.74, 6) is 0.771. The van der Waals surface area contributed by atoms with Gasteiger partial charge >= 0.3 is 0 Å². The van der Waals surface area contributed by atoms with E-state index in [0.717, 1.165) is 17.9 Å². The molecule has 4 heteroatoms. The van der Waals surface area contributed by atoms with Crippen molar-refractivity contribution < 1.29 is 5.11 Å². The van der Waals surface area contributed by atoms with Crippen LogP contribution in [0.15, 0.2) is 12.4 Å². The zero-order valence-electron chi connectivity index (χ0n) is 7.99. The molecule has 1 atom stereocenters. The van der Waals surface area contributed by atoms with Crippen molar-refractivity contribution in [1.29, 1.82) is 0 Å². The Morgan fingerprint density at radius 1 is 1.54 bits per heavy atom. The lowest BCUT2D eigenvalue weighted by molar-refractivity contribution is 0.208. The van der Waals surface area contributed by atoms with Gasteiger partial charge in [-0.05, 0) is 13.3 Å². The zero-order valence-corrected chi connectivity index (χ0v) is 7.99. The first-order valence-corrected chi connectivity index (χ1v) is 4.45. The summed E-state index contributed by atoms with van der Waals surface area (Å²) in [7, 11) is 0. The van der Waals surface area contributed by atoms with Crippen molar-refractivity contribution in [2.75, 3.05) is 11.9 Å². The van der Waals surface area contributed by atoms with Gasteiger partial charge in [0.2, 0.25) is 0 Å². The van der Waals surface area contributed by atoms with Gasteiger partial charge in [-0.1, -0.05) is 6.92 Å². The number of rotatable bonds is 4. The SMILES string of the molecule is CCc1cc(NCC(C)O)ncn1. The fraction of sp³-hybridized carbons (Fsp3) is 0.556. The van der Waals surface area contributed by atoms with Crippen molar-refractivity contribution in [1.82, 2.24) is 9.97 Å². The Kier molecular flexibility index (Phi) is 3.64. The van der Waals surface area contributed by atoms with Crippen molar-refractivity contribution in [3.63, 3.8) is 0 Å². The van der Waals surface area contributed by atoms with E-state index in [1.54, 1.807) is 6.92 Å². The summed E-state index contributed by atoms with van der Waals surface area (Å²) in [6.45, 7) is 4.29. The van der Waals surface area contributed by atoms with Gasteiger partial charge in [0.05, 0.1) is 6.10 Å². The van der Waals surface area contributed by atoms with Gasteiger partial charge in [-0.25, -0.2) is 9.97 Å². The Morgan fingerprint density at radius 2 is 2.31 bits per heavy atom. The van der Waals surface area contributed by atoms with Gasteiger partial charge in [-0.3, -0.25) is 0 Å². The summed E-state index contributed by atoms with van der Waals surface area (Å²) in [5, 5.41) is 12.1. The quantitative estimate of drug-likeness (QED) is 0.722. The van der Waals surface area contributed by atoms with Crippen LogP contribution in [0.2, 0.25) is 0 Å². The summed E-state index contributed by atoms with van der Waals surface area (Å²) in [6.07, 6.45) is 2.06. The molecule has 0 bridgehead atoms. The average molecular weight is 181 g/mol. The van der Waals surface area contributed by atoms with E-state index >= 15 is 0 Å². The minimum atomic E-state index is -0.361. The van der Waals surface area contributed by atoms with Crippen molar-refractivity contribution >= 4 is 5.82 Å². The number of aliphatic hydroxyl groups is 1. The van der Waals surface area contributed by atoms with E-state index in [4.69, 9.17) is 5.11 Å². The fourth-order valence-corrected chi connectivity index (χ4v) is 0.940. The molecule has 0 aromatic carbocycles. The van der Waals surface area contributed by atoms with E-state index in [1.807, 2.05) is 13.0 Å². The van der Waals surface area contributed by atoms with Crippen LogP contribution in [-0.4, -0.2) is 27.7 Å². The van der Waals surface area contributed by atoms with E-state index in [0.29, 0.717) is 6.54 Å². The molecule has 0 amide bonds. The molecule has 72 valence electrons. The lowest BCUT2D eigenvalue weighted by Gasteiger charge is -2.07. The van der Waals surface area contributed by atoms with E-state index in [9.17, 15) is 0 Å². The Balaban J connectivity index is 2.56. The molecule has 0 aliphatic rings. The third-order valence-electron chi connectivity index (χ3n) is 1.66. The normalized spacial score (nSPS) is 12.5. The van der Waals surface area contributed by atoms with Gasteiger partial charge in [0.15, 0.2) is 0 Å². The molecule has 0 saturated carbocycles. The van der Waals surface area contributed by atoms with E-state index in [1.165, 1.54) is 6.33 Å². The molecule has 4 nitrogen and oxygen atoms in total. The Morgan fingerprint density at radius 3 is 2.92 bits per heavy atom. The van der Waals surface area contributed by atoms with E-state index in [-0.39, 0.29) is 6.10 Å². The van der Waals surface area contributed by atoms with Gasteiger partial charge in [0.25, 0.3) is 0 Å². The highest BCUT2D eigenvalue weighted by Gasteiger charge is 1.98. The molecule has 1 unspecified atom stereocenters. The van der Waals surface area contributed by atoms with Crippen molar-refractivity contribution in [2.45, 2.75) is 26.4 Å². The molecule has 1 heterocycles. The van der Waals surface area contributed by atoms with Gasteiger partial charge in [0, 0.05) is 18.3 Å². The number of nitrogens with zero attached hydrogens (tertiary/aromatic N) is 2. The van der Waals surface area contributed by atoms with Crippen molar-refractivity contribution in [3.8, 4) is 0 Å². The molecule has 2 N–H and O–H groups in total. The van der Waals surface area contributed by atoms with Crippen LogP contribution < -0.4 is 5.32 Å². The summed E-state index contributed by atoms with van der Waals surface area (Å²) in [6, 6.07) is 1.89. The number of aliphatic hydroxyl groups excluding tert-OH is 1. The Hall–Kier alpha value is -1.16. The average Bonchev–Trinajstić information content (AvgIpc) is 2.15. The first kappa shape index (κ1) is 9.92. The second kappa shape index (κ2) is 4.77. The van der Waals surface area contributed by atoms with Crippen molar-refractivity contribution in [3.05, 3.63) is 18.1 Å². The lowest BCUT2D eigenvalue weighted by atomic mass is 10.3. The van der Waals surface area contributed by atoms with Crippen LogP contribution in [0.1, 0.15) is 19.5 Å². The predicted molar refractivity (Wildman–Crippen MR) is 51.6 cm³/mol. The molecule has 13 heavy (non-hydrogen) atoms. The molecule has 1 aromatic rings. The zero-order chi connectivity index (χ0) is 9.68. The van der Waals surface area contributed by atoms with Gasteiger partial charge < -0.3 is 10.4 Å². The second-order valence-corrected chi connectivity index (χ2v) is 2.98. The Labute approximate surface area is 78.0 Å². The maximum Gasteiger partial charge on any atom is 0.129 e. The maximum absolute atomic E-state index is 9.03. The molecule has 0 fully saturated rings. The first-order chi connectivity index (χ1) is 6.22. The van der Waals surface area contributed by atoms with Gasteiger partial charge in [-0.15, -0.1) is 0 Å². The van der Waals surface area contributed by atoms with E-state index < -0.39 is 0 Å². The number of aromatic nitrogens is 2. The third kappa shape index (κ3) is 3.38. The van der Waals surface area contributed by atoms with Crippen LogP contribution >= 0.6 is 0 Å². The number of anilines is 1. The highest BCUT2D eigenvalue weighted by Crippen LogP contribution is 2.03. The van der Waals surface area contributed by atoms with Crippen LogP contribution in [0.4, 0.5) is 5.82 Å². The number of hydrogen-bond donors (Lipinski definition) is 2. The van der Waals surface area contributed by atoms with Crippen LogP contribution in [-0.2, 0) is 6.42 Å². The highest BCUT2D eigenvalue weighted by molar-refractivity contribution is 5.34. The van der Waals surface area contributed by atoms with Crippen LogP contribution in [0.5, 0.6) is 0 Å². The molecule has 0 spiro atoms. The number of hydrogen-bond acceptors (Lipinski definition) is 4. The molecular formula is C9H15N3O. The van der Waals surface area contributed by atoms with Crippen LogP contribution in [0.25, 0.3) is 0 Å². The summed E-state index contributed by atoms with van der Waals surface area (Å²) in [5.41, 5.74) is 1.00. The predicted octanol–water partition coefficient (Wildman–Crippen LogP) is 0.832. The molecule has 0 radical (unpaired) electrons. The molecule has 1 rings (SSSR count). The highest BCUT2D eigenvalue weighted by atomic mass is 16.3. The molecule has 0 saturated heterocycles. The molecular weight excluding hydrogens is 166 g/mol. The standard InChI is InChI=1S/C9H15N3O/c1-3-8-4-9(12-6-11-8)10-5-7(2)13/h4,6-7,13H,3,5H2,1-2H3,(H,10,11,12). The number of nitrogens with one attached hydrogen (secondary N) is 1. The summed E-state index contributed by atoms with van der Waals surface area (Å²) < 4.78 is 0. The first-order valence-electron chi connectivity index (χ1n) is 4.45. The van der Waals surface area contributed by atoms with Crippen LogP contribution in [0, 0.1) is 0 Å². The molecule has 0 aliphatic carbocycles. The smallest absolute Gasteiger partial charge is 0.129 e. The summed E-state index contributed by atoms with van der Waals surface area (Å²) in [4.78, 5) is 8.10. The molecule has 1 aromatic heterocycles. The molecule has 0 aliphatic heterocycles. The largest absolute Gasteiger partial charge is 0.392 e. The van der Waals surface area contributed by atoms with Crippen molar-refractivity contribution in [2.24, 2.45) is 0 Å². The maximum atomic E-state index is 9.03. The second-order valence-electron chi connectivity index (χ2n) is 2.98. The lowest BCUT2D eigenvalue weighted by Crippen LogP contribution is -2.16. The Bertz CT molecular complexity index is 263. The third-order valence-corrected chi connectivity index (χ3v) is 1.66. The monoisotopic (exact) mass is 181 g/mol. The van der Waals surface area contributed by atoms with Crippen LogP contribution in [0.3, 0.4) is 0 Å². The topological polar surface area (TPSA) is 58.0 Å². The number of aryl methyl sites for hydroxylation is 1. The summed E-state index contributed by atoms with van der Waals surface area (Å²) >= 11 is 0. The fourth-order valence-electron chi connectivity index (χ4n) is 0.940. The minimum Gasteiger partial charge on any atom is -0.392 e. The van der Waals surface area contributed by atoms with Gasteiger partial charge in [-0.2, -0.15) is 0 Å².